The molecule has 0 saturated carbocycles. The smallest absolute Gasteiger partial charge is 0.176 e. The van der Waals surface area contributed by atoms with Crippen molar-refractivity contribution in [2.75, 3.05) is 0 Å². The van der Waals surface area contributed by atoms with Crippen LogP contribution in [0.4, 0.5) is 0 Å². The molecule has 0 rings (SSSR count). The molecule has 0 unspecified atom stereocenters. The molecule has 18 heavy (non-hydrogen) atoms. The van der Waals surface area contributed by atoms with Crippen molar-refractivity contribution in [2.24, 2.45) is 0 Å². The van der Waals surface area contributed by atoms with Crippen LogP contribution in [0.1, 0.15) is 13.8 Å². The third kappa shape index (κ3) is 3.76. The quantitative estimate of drug-likeness (QED) is 0.554. The van der Waals surface area contributed by atoms with Gasteiger partial charge in [0.1, 0.15) is 0 Å². The van der Waals surface area contributed by atoms with E-state index in [1.807, 2.05) is 26.0 Å². The Kier molecular flexibility index (Phi) is 7.19. The number of rotatable bonds is 6. The van der Waals surface area contributed by atoms with Crippen molar-refractivity contribution >= 4 is 0 Å². The van der Waals surface area contributed by atoms with Gasteiger partial charge < -0.3 is 5.11 Å². The van der Waals surface area contributed by atoms with E-state index in [0.717, 1.165) is 0 Å². The van der Waals surface area contributed by atoms with Crippen LogP contribution in [-0.4, -0.2) is 10.7 Å². The molecule has 0 aliphatic carbocycles. The number of aliphatic hydroxyl groups is 1. The van der Waals surface area contributed by atoms with Gasteiger partial charge in [-0.1, -0.05) is 67.7 Å². The van der Waals surface area contributed by atoms with E-state index in [0.29, 0.717) is 11.1 Å². The summed E-state index contributed by atoms with van der Waals surface area (Å²) in [5.74, 6) is 2.41. The summed E-state index contributed by atoms with van der Waals surface area (Å²) in [5, 5.41) is 10.6. The third-order valence-corrected chi connectivity index (χ3v) is 2.42. The summed E-state index contributed by atoms with van der Waals surface area (Å²) in [7, 11) is 0. The average molecular weight is 240 g/mol. The topological polar surface area (TPSA) is 20.2 Å². The third-order valence-electron chi connectivity index (χ3n) is 2.42. The number of hydrogen-bond acceptors (Lipinski definition) is 1. The van der Waals surface area contributed by atoms with Crippen LogP contribution in [0.15, 0.2) is 72.9 Å². The SMILES string of the molecule is C#CC(O)(/C(C=C)=C/C=C\C)/C(C=C)=C/C=C\C. The molecule has 0 aromatic rings. The number of hydrogen-bond donors (Lipinski definition) is 1. The second-order valence-corrected chi connectivity index (χ2v) is 3.56. The van der Waals surface area contributed by atoms with Gasteiger partial charge in [0.15, 0.2) is 5.60 Å². The number of terminal acetylenes is 1. The molecule has 0 amide bonds. The first-order chi connectivity index (χ1) is 8.60. The molecule has 1 N–H and O–H groups in total. The molecule has 0 aliphatic rings. The van der Waals surface area contributed by atoms with Crippen molar-refractivity contribution in [2.45, 2.75) is 19.4 Å². The van der Waals surface area contributed by atoms with E-state index in [2.05, 4.69) is 19.1 Å². The summed E-state index contributed by atoms with van der Waals surface area (Å²) in [4.78, 5) is 0. The maximum Gasteiger partial charge on any atom is 0.176 e. The van der Waals surface area contributed by atoms with Crippen molar-refractivity contribution < 1.29 is 5.11 Å². The van der Waals surface area contributed by atoms with Gasteiger partial charge in [-0.25, -0.2) is 0 Å². The van der Waals surface area contributed by atoms with E-state index in [1.54, 1.807) is 36.5 Å². The lowest BCUT2D eigenvalue weighted by Crippen LogP contribution is -2.30. The lowest BCUT2D eigenvalue weighted by Gasteiger charge is -2.24. The molecule has 0 aromatic carbocycles. The van der Waals surface area contributed by atoms with E-state index in [1.165, 1.54) is 0 Å². The normalized spacial score (nSPS) is 13.9. The Balaban J connectivity index is 5.80. The lowest BCUT2D eigenvalue weighted by molar-refractivity contribution is 0.186. The summed E-state index contributed by atoms with van der Waals surface area (Å²) in [5.41, 5.74) is -0.430. The fraction of sp³-hybridized carbons (Fsp3) is 0.176. The summed E-state index contributed by atoms with van der Waals surface area (Å²) in [6, 6.07) is 0. The monoisotopic (exact) mass is 240 g/mol. The summed E-state index contributed by atoms with van der Waals surface area (Å²) < 4.78 is 0. The first-order valence-electron chi connectivity index (χ1n) is 5.72. The number of allylic oxidation sites excluding steroid dienone is 6. The molecule has 1 nitrogen and oxygen atoms in total. The van der Waals surface area contributed by atoms with Crippen LogP contribution in [0, 0.1) is 12.3 Å². The molecular formula is C17H20O. The first-order valence-corrected chi connectivity index (χ1v) is 5.72. The largest absolute Gasteiger partial charge is 0.369 e. The zero-order chi connectivity index (χ0) is 14.0. The van der Waals surface area contributed by atoms with Crippen LogP contribution < -0.4 is 0 Å². The fourth-order valence-electron chi connectivity index (χ4n) is 1.41. The highest BCUT2D eigenvalue weighted by Gasteiger charge is 2.30. The summed E-state index contributed by atoms with van der Waals surface area (Å²) in [6.07, 6.45) is 19.4. The Hall–Kier alpha value is -2.04. The van der Waals surface area contributed by atoms with E-state index in [-0.39, 0.29) is 0 Å². The summed E-state index contributed by atoms with van der Waals surface area (Å²) in [6.45, 7) is 11.1. The summed E-state index contributed by atoms with van der Waals surface area (Å²) >= 11 is 0. The second-order valence-electron chi connectivity index (χ2n) is 3.56. The van der Waals surface area contributed by atoms with Gasteiger partial charge in [-0.05, 0) is 25.0 Å². The Morgan fingerprint density at radius 2 is 1.44 bits per heavy atom. The van der Waals surface area contributed by atoms with E-state index >= 15 is 0 Å². The molecule has 0 fully saturated rings. The van der Waals surface area contributed by atoms with Gasteiger partial charge in [-0.3, -0.25) is 0 Å². The van der Waals surface area contributed by atoms with Crippen molar-refractivity contribution in [1.29, 1.82) is 0 Å². The molecule has 0 saturated heterocycles. The molecule has 0 atom stereocenters. The first kappa shape index (κ1) is 16.0. The van der Waals surface area contributed by atoms with Gasteiger partial charge in [-0.2, -0.15) is 0 Å². The Morgan fingerprint density at radius 1 is 1.06 bits per heavy atom. The average Bonchev–Trinajstić information content (AvgIpc) is 2.40. The van der Waals surface area contributed by atoms with Crippen LogP contribution >= 0.6 is 0 Å². The minimum absolute atomic E-state index is 0.541. The highest BCUT2D eigenvalue weighted by molar-refractivity contribution is 5.52. The lowest BCUT2D eigenvalue weighted by atomic mass is 9.85. The van der Waals surface area contributed by atoms with Gasteiger partial charge in [0.05, 0.1) is 0 Å². The van der Waals surface area contributed by atoms with Crippen molar-refractivity contribution in [3.05, 3.63) is 72.9 Å². The van der Waals surface area contributed by atoms with Crippen molar-refractivity contribution in [1.82, 2.24) is 0 Å². The van der Waals surface area contributed by atoms with Gasteiger partial charge in [-0.15, -0.1) is 6.42 Å². The second kappa shape index (κ2) is 8.11. The molecule has 1 heteroatoms. The van der Waals surface area contributed by atoms with Gasteiger partial charge in [0.25, 0.3) is 0 Å². The molecule has 0 bridgehead atoms. The zero-order valence-corrected chi connectivity index (χ0v) is 11.1. The molecule has 94 valence electrons. The maximum absolute atomic E-state index is 10.6. The van der Waals surface area contributed by atoms with Gasteiger partial charge in [0.2, 0.25) is 0 Å². The van der Waals surface area contributed by atoms with E-state index in [4.69, 9.17) is 6.42 Å². The molecule has 0 aliphatic heterocycles. The van der Waals surface area contributed by atoms with Crippen molar-refractivity contribution in [3.63, 3.8) is 0 Å². The fourth-order valence-corrected chi connectivity index (χ4v) is 1.41. The maximum atomic E-state index is 10.6. The predicted molar refractivity (Wildman–Crippen MR) is 80.0 cm³/mol. The van der Waals surface area contributed by atoms with Crippen molar-refractivity contribution in [3.8, 4) is 12.3 Å². The van der Waals surface area contributed by atoms with Crippen LogP contribution in [0.2, 0.25) is 0 Å². The minimum Gasteiger partial charge on any atom is -0.369 e. The Morgan fingerprint density at radius 3 is 1.67 bits per heavy atom. The highest BCUT2D eigenvalue weighted by atomic mass is 16.3. The zero-order valence-electron chi connectivity index (χ0n) is 11.1. The van der Waals surface area contributed by atoms with Gasteiger partial charge in [0, 0.05) is 0 Å². The molecule has 0 radical (unpaired) electrons. The van der Waals surface area contributed by atoms with Crippen LogP contribution in [-0.2, 0) is 0 Å². The van der Waals surface area contributed by atoms with Crippen LogP contribution in [0.25, 0.3) is 0 Å². The molecule has 0 heterocycles. The van der Waals surface area contributed by atoms with Gasteiger partial charge >= 0.3 is 0 Å². The standard InChI is InChI=1S/C17H20O/c1-6-11-13-15(8-3)17(18,10-5)16(9-4)14-12-7-2/h5-9,11-14,18H,3-4H2,1-2H3/b11-6-,12-7-,15-13+,16-14+. The Bertz CT molecular complexity index is 416. The van der Waals surface area contributed by atoms with E-state index < -0.39 is 5.60 Å². The van der Waals surface area contributed by atoms with Crippen LogP contribution in [0.5, 0.6) is 0 Å². The molecule has 0 aromatic heterocycles. The van der Waals surface area contributed by atoms with E-state index in [9.17, 15) is 5.11 Å². The Labute approximate surface area is 110 Å². The molecule has 0 spiro atoms. The minimum atomic E-state index is -1.51. The molecular weight excluding hydrogens is 220 g/mol. The highest BCUT2D eigenvalue weighted by Crippen LogP contribution is 2.27. The van der Waals surface area contributed by atoms with Crippen LogP contribution in [0.3, 0.4) is 0 Å². The predicted octanol–water partition coefficient (Wildman–Crippen LogP) is 3.73.